The quantitative estimate of drug-likeness (QED) is 0.257. The third-order valence-electron chi connectivity index (χ3n) is 8.82. The second-order valence-corrected chi connectivity index (χ2v) is 12.3. The molecule has 1 saturated heterocycles. The van der Waals surface area contributed by atoms with Gasteiger partial charge in [-0.25, -0.2) is 9.50 Å². The van der Waals surface area contributed by atoms with Crippen LogP contribution in [0.3, 0.4) is 0 Å². The number of amides is 2. The summed E-state index contributed by atoms with van der Waals surface area (Å²) >= 11 is 6.11. The second-order valence-electron chi connectivity index (χ2n) is 11.9. The molecule has 0 radical (unpaired) electrons. The van der Waals surface area contributed by atoms with Gasteiger partial charge in [-0.05, 0) is 36.6 Å². The Morgan fingerprint density at radius 3 is 2.57 bits per heavy atom. The molecule has 19 heteroatoms. The van der Waals surface area contributed by atoms with E-state index >= 15 is 0 Å². The first-order chi connectivity index (χ1) is 24.4. The van der Waals surface area contributed by atoms with Gasteiger partial charge in [-0.1, -0.05) is 24.6 Å². The molecule has 1 aromatic carbocycles. The molecule has 2 aliphatic heterocycles. The number of hydrogen-bond acceptors (Lipinski definition) is 9. The Hall–Kier alpha value is -5.49. The molecule has 0 saturated carbocycles. The van der Waals surface area contributed by atoms with E-state index in [9.17, 15) is 32.3 Å². The fourth-order valence-corrected chi connectivity index (χ4v) is 6.50. The molecule has 15 nitrogen and oxygen atoms in total. The van der Waals surface area contributed by atoms with Gasteiger partial charge in [0.25, 0.3) is 17.0 Å². The van der Waals surface area contributed by atoms with Crippen LogP contribution in [-0.4, -0.2) is 89.9 Å². The van der Waals surface area contributed by atoms with E-state index in [1.165, 1.54) is 21.8 Å². The summed E-state index contributed by atoms with van der Waals surface area (Å²) in [6.45, 7) is 3.01. The number of aromatic amines is 1. The summed E-state index contributed by atoms with van der Waals surface area (Å²) in [6, 6.07) is 4.23. The highest BCUT2D eigenvalue weighted by atomic mass is 35.5. The third kappa shape index (κ3) is 6.35. The van der Waals surface area contributed by atoms with Crippen molar-refractivity contribution < 1.29 is 27.5 Å². The number of anilines is 2. The largest absolute Gasteiger partial charge is 0.416 e. The number of hydrogen-bond donors (Lipinski definition) is 2. The number of ether oxygens (including phenoxy) is 1. The number of nitrogens with zero attached hydrogens (tertiary/aromatic N) is 8. The zero-order valence-corrected chi connectivity index (χ0v) is 27.8. The predicted molar refractivity (Wildman–Crippen MR) is 179 cm³/mol. The van der Waals surface area contributed by atoms with E-state index in [1.807, 2.05) is 13.0 Å². The fourth-order valence-electron chi connectivity index (χ4n) is 6.27. The van der Waals surface area contributed by atoms with Crippen molar-refractivity contribution in [3.63, 3.8) is 0 Å². The molecule has 0 atom stereocenters. The average molecular weight is 727 g/mol. The van der Waals surface area contributed by atoms with Crippen LogP contribution in [0.25, 0.3) is 17.0 Å². The average Bonchev–Trinajstić information content (AvgIpc) is 3.79. The number of piperazine rings is 1. The molecule has 0 bridgehead atoms. The second kappa shape index (κ2) is 13.3. The van der Waals surface area contributed by atoms with Crippen LogP contribution in [0.15, 0.2) is 52.3 Å². The minimum absolute atomic E-state index is 0.0226. The third-order valence-corrected chi connectivity index (χ3v) is 9.13. The Labute approximate surface area is 290 Å². The smallest absolute Gasteiger partial charge is 0.377 e. The minimum atomic E-state index is -4.61. The highest BCUT2D eigenvalue weighted by molar-refractivity contribution is 6.33. The van der Waals surface area contributed by atoms with E-state index in [4.69, 9.17) is 16.3 Å². The first kappa shape index (κ1) is 34.0. The van der Waals surface area contributed by atoms with Gasteiger partial charge in [-0.2, -0.15) is 22.7 Å². The topological polar surface area (TPSA) is 164 Å². The van der Waals surface area contributed by atoms with Crippen LogP contribution >= 0.6 is 11.6 Å². The van der Waals surface area contributed by atoms with Gasteiger partial charge in [0.1, 0.15) is 17.8 Å². The number of fused-ring (bicyclic) bond motifs is 2. The summed E-state index contributed by atoms with van der Waals surface area (Å²) in [7, 11) is 0. The maximum atomic E-state index is 14.2. The highest BCUT2D eigenvalue weighted by Gasteiger charge is 2.32. The predicted octanol–water partition coefficient (Wildman–Crippen LogP) is 2.87. The minimum Gasteiger partial charge on any atom is -0.377 e. The van der Waals surface area contributed by atoms with Crippen LogP contribution in [0.1, 0.15) is 40.8 Å². The molecule has 5 aromatic rings. The number of halogens is 4. The number of alkyl halides is 3. The Kier molecular flexibility index (Phi) is 8.88. The molecule has 7 rings (SSSR count). The maximum absolute atomic E-state index is 14.2. The number of nitrogens with one attached hydrogen (secondary N) is 2. The summed E-state index contributed by atoms with van der Waals surface area (Å²) in [4.78, 5) is 66.1. The van der Waals surface area contributed by atoms with Crippen molar-refractivity contribution in [3.05, 3.63) is 91.1 Å². The van der Waals surface area contributed by atoms with Crippen molar-refractivity contribution in [1.29, 1.82) is 0 Å². The molecule has 266 valence electrons. The molecule has 4 aromatic heterocycles. The maximum Gasteiger partial charge on any atom is 0.416 e. The van der Waals surface area contributed by atoms with Gasteiger partial charge in [-0.3, -0.25) is 24.3 Å². The zero-order valence-electron chi connectivity index (χ0n) is 27.0. The summed E-state index contributed by atoms with van der Waals surface area (Å²) in [6.07, 6.45) is 0.789. The first-order valence-corrected chi connectivity index (χ1v) is 16.4. The van der Waals surface area contributed by atoms with Crippen LogP contribution in [0, 0.1) is 0 Å². The van der Waals surface area contributed by atoms with Crippen LogP contribution in [0.2, 0.25) is 5.02 Å². The first-order valence-electron chi connectivity index (χ1n) is 16.0. The standard InChI is InChI=1S/C32H30ClF3N10O5/c1-2-23-26(42-9-11-43(12-10-42)28(48)20-16-37-24-5-8-38-45(24)29(20)49)30(50)46-31(40-27(41-46)18-6-13-51-14-7-18)44(23)17-25(47)39-22-4-3-19(15-21(22)33)32(34,35)36/h3-6,8,15-16,38H,2,7,9-14,17H2,1H3,(H,39,47). The number of aromatic nitrogens is 7. The van der Waals surface area contributed by atoms with Crippen molar-refractivity contribution in [2.45, 2.75) is 32.5 Å². The molecule has 51 heavy (non-hydrogen) atoms. The van der Waals surface area contributed by atoms with E-state index in [0.717, 1.165) is 28.3 Å². The summed E-state index contributed by atoms with van der Waals surface area (Å²) < 4.78 is 48.9. The zero-order chi connectivity index (χ0) is 36.0. The normalized spacial score (nSPS) is 15.4. The van der Waals surface area contributed by atoms with Crippen molar-refractivity contribution in [2.75, 3.05) is 49.6 Å². The van der Waals surface area contributed by atoms with Crippen LogP contribution < -0.4 is 21.3 Å². The Morgan fingerprint density at radius 2 is 1.88 bits per heavy atom. The van der Waals surface area contributed by atoms with Crippen LogP contribution in [0.4, 0.5) is 24.5 Å². The number of carbonyl (C=O) groups excluding carboxylic acids is 2. The molecule has 1 fully saturated rings. The number of carbonyl (C=O) groups is 2. The highest BCUT2D eigenvalue weighted by Crippen LogP contribution is 2.34. The molecule has 0 unspecified atom stereocenters. The molecule has 2 amide bonds. The molecule has 0 aliphatic carbocycles. The Morgan fingerprint density at radius 1 is 1.10 bits per heavy atom. The van der Waals surface area contributed by atoms with E-state index < -0.39 is 34.7 Å². The van der Waals surface area contributed by atoms with Crippen molar-refractivity contribution >= 4 is 51.8 Å². The molecule has 0 spiro atoms. The van der Waals surface area contributed by atoms with Crippen molar-refractivity contribution in [1.82, 2.24) is 38.7 Å². The van der Waals surface area contributed by atoms with E-state index in [2.05, 4.69) is 25.5 Å². The molecule has 6 heterocycles. The van der Waals surface area contributed by atoms with Gasteiger partial charge in [0.15, 0.2) is 11.5 Å². The summed E-state index contributed by atoms with van der Waals surface area (Å²) in [5.74, 6) is -0.738. The number of H-pyrrole nitrogens is 1. The van der Waals surface area contributed by atoms with Gasteiger partial charge in [0.05, 0.1) is 35.2 Å². The lowest BCUT2D eigenvalue weighted by Gasteiger charge is -2.36. The fraction of sp³-hybridized carbons (Fsp3) is 0.344. The number of rotatable bonds is 7. The van der Waals surface area contributed by atoms with Gasteiger partial charge >= 0.3 is 6.18 Å². The van der Waals surface area contributed by atoms with E-state index in [1.54, 1.807) is 15.5 Å². The molecule has 2 aliphatic rings. The van der Waals surface area contributed by atoms with E-state index in [0.29, 0.717) is 36.8 Å². The van der Waals surface area contributed by atoms with Gasteiger partial charge in [0.2, 0.25) is 11.7 Å². The molecular formula is C32H30ClF3N10O5. The lowest BCUT2D eigenvalue weighted by molar-refractivity contribution is -0.137. The lowest BCUT2D eigenvalue weighted by atomic mass is 10.1. The van der Waals surface area contributed by atoms with Crippen molar-refractivity contribution in [3.8, 4) is 0 Å². The summed E-state index contributed by atoms with van der Waals surface area (Å²) in [5, 5.41) is 9.54. The molecular weight excluding hydrogens is 697 g/mol. The number of benzene rings is 1. The Bertz CT molecular complexity index is 2340. The van der Waals surface area contributed by atoms with E-state index in [-0.39, 0.29) is 66.9 Å². The van der Waals surface area contributed by atoms with Crippen LogP contribution in [-0.2, 0) is 28.7 Å². The SMILES string of the molecule is CCc1c(N2CCN(C(=O)c3cnc4cc[nH]n4c3=O)CC2)c(=O)n2nc(C3=CCOCC3)nc2n1CC(=O)Nc1ccc(C(F)(F)F)cc1Cl. The Balaban J connectivity index is 1.22. The lowest BCUT2D eigenvalue weighted by Crippen LogP contribution is -2.51. The summed E-state index contributed by atoms with van der Waals surface area (Å²) in [5.41, 5.74) is -0.233. The van der Waals surface area contributed by atoms with Crippen molar-refractivity contribution in [2.24, 2.45) is 0 Å². The van der Waals surface area contributed by atoms with Gasteiger partial charge in [-0.15, -0.1) is 5.10 Å². The monoisotopic (exact) mass is 726 g/mol. The van der Waals surface area contributed by atoms with Crippen LogP contribution in [0.5, 0.6) is 0 Å². The molecule has 2 N–H and O–H groups in total. The van der Waals surface area contributed by atoms with Gasteiger partial charge in [0, 0.05) is 44.6 Å². The van der Waals surface area contributed by atoms with Gasteiger partial charge < -0.3 is 24.4 Å².